The highest BCUT2D eigenvalue weighted by atomic mass is 32.2. The van der Waals surface area contributed by atoms with Crippen LogP contribution in [-0.2, 0) is 0 Å². The normalized spacial score (nSPS) is 9.89. The molecular weight excluding hydrogens is 251 g/mol. The molecule has 0 atom stereocenters. The minimum absolute atomic E-state index is 0.126. The van der Waals surface area contributed by atoms with Gasteiger partial charge in [-0.15, -0.1) is 11.8 Å². The average Bonchev–Trinajstić information content (AvgIpc) is 2.30. The molecule has 92 valence electrons. The molecule has 0 aromatic heterocycles. The Bertz CT molecular complexity index is 555. The van der Waals surface area contributed by atoms with E-state index in [1.54, 1.807) is 6.07 Å². The predicted octanol–water partition coefficient (Wildman–Crippen LogP) is 3.29. The van der Waals surface area contributed by atoms with Crippen LogP contribution in [0.3, 0.4) is 0 Å². The molecule has 0 spiro atoms. The minimum atomic E-state index is -0.750. The van der Waals surface area contributed by atoms with Crippen LogP contribution in [0.15, 0.2) is 17.0 Å². The van der Waals surface area contributed by atoms with Gasteiger partial charge >= 0.3 is 0 Å². The van der Waals surface area contributed by atoms with Crippen molar-refractivity contribution in [3.8, 4) is 12.1 Å². The zero-order valence-corrected chi connectivity index (χ0v) is 10.8. The molecule has 0 unspecified atom stereocenters. The first-order valence-corrected chi connectivity index (χ1v) is 6.18. The molecule has 18 heavy (non-hydrogen) atoms. The van der Waals surface area contributed by atoms with Crippen LogP contribution >= 0.6 is 11.8 Å². The lowest BCUT2D eigenvalue weighted by Crippen LogP contribution is -2.03. The highest BCUT2D eigenvalue weighted by molar-refractivity contribution is 8.00. The van der Waals surface area contributed by atoms with Gasteiger partial charge in [-0.05, 0) is 12.1 Å². The predicted molar refractivity (Wildman–Crippen MR) is 66.7 cm³/mol. The van der Waals surface area contributed by atoms with Crippen molar-refractivity contribution in [2.45, 2.75) is 30.4 Å². The van der Waals surface area contributed by atoms with Crippen molar-refractivity contribution in [1.82, 2.24) is 0 Å². The number of carbonyl (C=O) groups is 1. The average molecular weight is 262 g/mol. The standard InChI is InChI=1S/C13H11FN2OS/c1-8(2)18-13-6-10(12(17)3-4-15)11(14)5-9(13)7-16/h5-6,8H,3H2,1-2H3. The van der Waals surface area contributed by atoms with Gasteiger partial charge in [0.1, 0.15) is 11.9 Å². The molecule has 0 aliphatic rings. The number of nitriles is 2. The number of nitrogens with zero attached hydrogens (tertiary/aromatic N) is 2. The third-order valence-electron chi connectivity index (χ3n) is 2.09. The maximum atomic E-state index is 13.6. The summed E-state index contributed by atoms with van der Waals surface area (Å²) in [6, 6.07) is 6.01. The van der Waals surface area contributed by atoms with Crippen LogP contribution in [0.1, 0.15) is 36.2 Å². The Morgan fingerprint density at radius 2 is 2.11 bits per heavy atom. The van der Waals surface area contributed by atoms with Crippen molar-refractivity contribution in [2.75, 3.05) is 0 Å². The molecule has 0 bridgehead atoms. The Hall–Kier alpha value is -1.85. The van der Waals surface area contributed by atoms with Gasteiger partial charge in [0.15, 0.2) is 5.78 Å². The molecule has 0 heterocycles. The molecule has 3 nitrogen and oxygen atoms in total. The summed E-state index contributed by atoms with van der Waals surface area (Å²) in [5.41, 5.74) is 0.0819. The Kier molecular flexibility index (Phi) is 4.88. The molecule has 5 heteroatoms. The molecule has 0 N–H and O–H groups in total. The number of Topliss-reactive ketones (excluding diaryl/α,β-unsaturated/α-hetero) is 1. The van der Waals surface area contributed by atoms with Crippen molar-refractivity contribution < 1.29 is 9.18 Å². The largest absolute Gasteiger partial charge is 0.293 e. The molecule has 0 fully saturated rings. The molecular formula is C13H11FN2OS. The van der Waals surface area contributed by atoms with E-state index in [1.165, 1.54) is 17.8 Å². The first kappa shape index (κ1) is 14.2. The van der Waals surface area contributed by atoms with Gasteiger partial charge < -0.3 is 0 Å². The van der Waals surface area contributed by atoms with Crippen LogP contribution < -0.4 is 0 Å². The summed E-state index contributed by atoms with van der Waals surface area (Å²) in [6.45, 7) is 3.87. The second-order valence-electron chi connectivity index (χ2n) is 3.86. The van der Waals surface area contributed by atoms with E-state index in [1.807, 2.05) is 19.9 Å². The van der Waals surface area contributed by atoms with Crippen molar-refractivity contribution in [3.05, 3.63) is 29.1 Å². The molecule has 1 aromatic carbocycles. The molecule has 0 aliphatic heterocycles. The molecule has 1 rings (SSSR count). The Labute approximate surface area is 109 Å². The van der Waals surface area contributed by atoms with E-state index in [0.29, 0.717) is 4.90 Å². The summed E-state index contributed by atoms with van der Waals surface area (Å²) in [4.78, 5) is 12.1. The third kappa shape index (κ3) is 3.32. The van der Waals surface area contributed by atoms with Gasteiger partial charge in [-0.1, -0.05) is 13.8 Å². The van der Waals surface area contributed by atoms with Crippen molar-refractivity contribution >= 4 is 17.5 Å². The van der Waals surface area contributed by atoms with E-state index in [0.717, 1.165) is 6.07 Å². The molecule has 0 saturated heterocycles. The van der Waals surface area contributed by atoms with E-state index in [2.05, 4.69) is 0 Å². The molecule has 0 saturated carbocycles. The van der Waals surface area contributed by atoms with Crippen LogP contribution in [-0.4, -0.2) is 11.0 Å². The quantitative estimate of drug-likeness (QED) is 0.617. The van der Waals surface area contributed by atoms with Crippen LogP contribution in [0.4, 0.5) is 4.39 Å². The van der Waals surface area contributed by atoms with E-state index < -0.39 is 11.6 Å². The summed E-state index contributed by atoms with van der Waals surface area (Å²) in [5.74, 6) is -1.31. The number of benzene rings is 1. The first-order valence-electron chi connectivity index (χ1n) is 5.30. The van der Waals surface area contributed by atoms with Gasteiger partial charge in [-0.2, -0.15) is 10.5 Å². The van der Waals surface area contributed by atoms with E-state index in [9.17, 15) is 9.18 Å². The van der Waals surface area contributed by atoms with E-state index in [4.69, 9.17) is 10.5 Å². The van der Waals surface area contributed by atoms with Crippen LogP contribution in [0.25, 0.3) is 0 Å². The highest BCUT2D eigenvalue weighted by Gasteiger charge is 2.16. The third-order valence-corrected chi connectivity index (χ3v) is 3.16. The zero-order valence-electron chi connectivity index (χ0n) is 10.0. The number of halogens is 1. The minimum Gasteiger partial charge on any atom is -0.293 e. The van der Waals surface area contributed by atoms with Gasteiger partial charge in [0.05, 0.1) is 23.6 Å². The van der Waals surface area contributed by atoms with Crippen molar-refractivity contribution in [3.63, 3.8) is 0 Å². The maximum Gasteiger partial charge on any atom is 0.179 e. The Balaban J connectivity index is 3.27. The number of hydrogen-bond donors (Lipinski definition) is 0. The smallest absolute Gasteiger partial charge is 0.179 e. The van der Waals surface area contributed by atoms with Gasteiger partial charge in [0.2, 0.25) is 0 Å². The SMILES string of the molecule is CC(C)Sc1cc(C(=O)CC#N)c(F)cc1C#N. The summed E-state index contributed by atoms with van der Waals surface area (Å²) in [5, 5.41) is 17.6. The number of thioether (sulfide) groups is 1. The highest BCUT2D eigenvalue weighted by Crippen LogP contribution is 2.29. The Morgan fingerprint density at radius 1 is 1.44 bits per heavy atom. The van der Waals surface area contributed by atoms with Gasteiger partial charge in [0.25, 0.3) is 0 Å². The fourth-order valence-electron chi connectivity index (χ4n) is 1.37. The topological polar surface area (TPSA) is 64.7 Å². The molecule has 1 aromatic rings. The first-order chi connectivity index (χ1) is 8.49. The van der Waals surface area contributed by atoms with E-state index in [-0.39, 0.29) is 22.8 Å². The van der Waals surface area contributed by atoms with Gasteiger partial charge in [-0.25, -0.2) is 4.39 Å². The number of hydrogen-bond acceptors (Lipinski definition) is 4. The summed E-state index contributed by atoms with van der Waals surface area (Å²) < 4.78 is 13.6. The fourth-order valence-corrected chi connectivity index (χ4v) is 2.30. The molecule has 0 aliphatic carbocycles. The number of rotatable bonds is 4. The fraction of sp³-hybridized carbons (Fsp3) is 0.308. The second-order valence-corrected chi connectivity index (χ2v) is 5.48. The van der Waals surface area contributed by atoms with Crippen molar-refractivity contribution in [2.24, 2.45) is 0 Å². The summed E-state index contributed by atoms with van der Waals surface area (Å²) >= 11 is 1.38. The summed E-state index contributed by atoms with van der Waals surface area (Å²) in [7, 11) is 0. The lowest BCUT2D eigenvalue weighted by molar-refractivity contribution is 0.0993. The maximum absolute atomic E-state index is 13.6. The van der Waals surface area contributed by atoms with E-state index >= 15 is 0 Å². The number of ketones is 1. The Morgan fingerprint density at radius 3 is 2.61 bits per heavy atom. The monoisotopic (exact) mass is 262 g/mol. The lowest BCUT2D eigenvalue weighted by Gasteiger charge is -2.09. The van der Waals surface area contributed by atoms with Gasteiger partial charge in [0, 0.05) is 10.1 Å². The number of carbonyl (C=O) groups excluding carboxylic acids is 1. The van der Waals surface area contributed by atoms with Crippen LogP contribution in [0.2, 0.25) is 0 Å². The van der Waals surface area contributed by atoms with Crippen LogP contribution in [0.5, 0.6) is 0 Å². The molecule has 0 radical (unpaired) electrons. The van der Waals surface area contributed by atoms with Gasteiger partial charge in [-0.3, -0.25) is 4.79 Å². The zero-order chi connectivity index (χ0) is 13.7. The van der Waals surface area contributed by atoms with Crippen LogP contribution in [0, 0.1) is 28.5 Å². The van der Waals surface area contributed by atoms with Crippen molar-refractivity contribution in [1.29, 1.82) is 10.5 Å². The molecule has 0 amide bonds. The lowest BCUT2D eigenvalue weighted by atomic mass is 10.1. The second kappa shape index (κ2) is 6.18. The summed E-state index contributed by atoms with van der Waals surface area (Å²) in [6.07, 6.45) is -0.366.